The van der Waals surface area contributed by atoms with Crippen molar-refractivity contribution in [1.82, 2.24) is 9.80 Å². The molecule has 0 aromatic heterocycles. The first-order valence-corrected chi connectivity index (χ1v) is 19.7. The highest BCUT2D eigenvalue weighted by Crippen LogP contribution is 2.60. The molecule has 3 amide bonds. The maximum Gasteiger partial charge on any atom is 0.313 e. The van der Waals surface area contributed by atoms with E-state index in [9.17, 15) is 19.5 Å². The summed E-state index contributed by atoms with van der Waals surface area (Å²) in [5, 5.41) is 9.33. The number of nitrogens with zero attached hydrogens (tertiary/aromatic N) is 3. The number of para-hydroxylation sites is 1. The molecule has 11 heteroatoms. The zero-order valence-electron chi connectivity index (χ0n) is 31.4. The number of alkyl halides is 1. The lowest BCUT2D eigenvalue weighted by Gasteiger charge is -2.38. The summed E-state index contributed by atoms with van der Waals surface area (Å²) in [6.45, 7) is 14.1. The van der Waals surface area contributed by atoms with Gasteiger partial charge in [-0.2, -0.15) is 0 Å². The van der Waals surface area contributed by atoms with E-state index < -0.39 is 47.7 Å². The van der Waals surface area contributed by atoms with Gasteiger partial charge in [-0.1, -0.05) is 89.5 Å². The van der Waals surface area contributed by atoms with Gasteiger partial charge < -0.3 is 29.3 Å². The predicted molar refractivity (Wildman–Crippen MR) is 208 cm³/mol. The molecule has 2 aromatic carbocycles. The number of ether oxygens (including phenoxy) is 2. The van der Waals surface area contributed by atoms with Crippen LogP contribution in [-0.4, -0.2) is 94.0 Å². The highest BCUT2D eigenvalue weighted by molar-refractivity contribution is 9.09. The van der Waals surface area contributed by atoms with E-state index in [0.29, 0.717) is 32.2 Å². The second-order valence-electron chi connectivity index (χ2n) is 14.7. The van der Waals surface area contributed by atoms with Crippen molar-refractivity contribution in [2.45, 2.75) is 100 Å². The van der Waals surface area contributed by atoms with Crippen LogP contribution in [0.3, 0.4) is 0 Å². The van der Waals surface area contributed by atoms with Gasteiger partial charge in [0.1, 0.15) is 17.7 Å². The largest absolute Gasteiger partial charge is 0.455 e. The number of aryl methyl sites for hydroxylation is 2. The second kappa shape index (κ2) is 17.6. The molecule has 1 spiro atoms. The molecule has 0 radical (unpaired) electrons. The molecule has 3 aliphatic heterocycles. The number of carbonyl (C=O) groups excluding carboxylic acids is 4. The molecule has 3 saturated heterocycles. The summed E-state index contributed by atoms with van der Waals surface area (Å²) in [5.74, 6) is -3.20. The van der Waals surface area contributed by atoms with Crippen LogP contribution in [0.4, 0.5) is 5.69 Å². The van der Waals surface area contributed by atoms with Crippen LogP contribution in [0.1, 0.15) is 74.7 Å². The number of hydrogen-bond acceptors (Lipinski definition) is 7. The number of benzene rings is 2. The first-order valence-electron chi connectivity index (χ1n) is 18.8. The Morgan fingerprint density at radius 3 is 2.38 bits per heavy atom. The molecule has 3 aliphatic rings. The Morgan fingerprint density at radius 2 is 1.74 bits per heavy atom. The van der Waals surface area contributed by atoms with Crippen LogP contribution in [0, 0.1) is 25.7 Å². The number of rotatable bonds is 18. The fraction of sp³-hybridized carbons (Fsp3) is 0.524. The summed E-state index contributed by atoms with van der Waals surface area (Å²) >= 11 is 3.79. The van der Waals surface area contributed by atoms with Gasteiger partial charge in [0.2, 0.25) is 11.8 Å². The summed E-state index contributed by atoms with van der Waals surface area (Å²) in [6, 6.07) is 13.6. The standard InChI is InChI=1S/C42H54BrN3O7/c1-7-9-22-32(48)44(6)29(5)36(30-20-13-12-14-21-30)52-41(51)33-34-39(49)46(24-15-10-11-16-25-47)38(42(34)26-31(43)37(33)53-42)40(50)45(23-8-2)35-27(3)18-17-19-28(35)4/h7-8,12-14,17-21,29,31,33-34,36-38,47H,1-2,9-11,15-16,22-26H2,3-6H3/t29-,31?,33-,34+,36+,37-,38-,42+/m1/s1. The van der Waals surface area contributed by atoms with Crippen LogP contribution in [0.2, 0.25) is 0 Å². The molecule has 0 aliphatic carbocycles. The van der Waals surface area contributed by atoms with Crippen LogP contribution in [-0.2, 0) is 28.7 Å². The number of esters is 1. The van der Waals surface area contributed by atoms with Gasteiger partial charge in [0, 0.05) is 43.7 Å². The maximum absolute atomic E-state index is 15.1. The van der Waals surface area contributed by atoms with E-state index in [1.54, 1.807) is 33.9 Å². The summed E-state index contributed by atoms with van der Waals surface area (Å²) in [7, 11) is 1.70. The third-order valence-corrected chi connectivity index (χ3v) is 12.1. The molecular formula is C42H54BrN3O7. The minimum Gasteiger partial charge on any atom is -0.455 e. The number of carbonyl (C=O) groups is 4. The van der Waals surface area contributed by atoms with E-state index in [0.717, 1.165) is 35.2 Å². The molecule has 0 saturated carbocycles. The highest BCUT2D eigenvalue weighted by atomic mass is 79.9. The Hall–Kier alpha value is -3.80. The van der Waals surface area contributed by atoms with Crippen LogP contribution in [0.5, 0.6) is 0 Å². The quantitative estimate of drug-likeness (QED) is 0.0825. The molecule has 2 bridgehead atoms. The molecule has 3 heterocycles. The van der Waals surface area contributed by atoms with Gasteiger partial charge >= 0.3 is 5.97 Å². The minimum atomic E-state index is -1.27. The van der Waals surface area contributed by atoms with Crippen LogP contribution in [0.25, 0.3) is 0 Å². The Balaban J connectivity index is 1.52. The number of unbranched alkanes of at least 4 members (excludes halogenated alkanes) is 3. The van der Waals surface area contributed by atoms with Crippen molar-refractivity contribution < 1.29 is 33.8 Å². The fourth-order valence-corrected chi connectivity index (χ4v) is 9.53. The Morgan fingerprint density at radius 1 is 1.06 bits per heavy atom. The Kier molecular flexibility index (Phi) is 13.4. The number of hydrogen-bond donors (Lipinski definition) is 1. The third-order valence-electron chi connectivity index (χ3n) is 11.3. The van der Waals surface area contributed by atoms with E-state index in [1.807, 2.05) is 69.3 Å². The van der Waals surface area contributed by atoms with Crippen molar-refractivity contribution >= 4 is 45.3 Å². The van der Waals surface area contributed by atoms with Crippen LogP contribution >= 0.6 is 15.9 Å². The monoisotopic (exact) mass is 791 g/mol. The molecule has 1 N–H and O–H groups in total. The average molecular weight is 793 g/mol. The molecule has 2 aromatic rings. The number of likely N-dealkylation sites (tertiary alicyclic amines) is 1. The van der Waals surface area contributed by atoms with Gasteiger partial charge in [-0.05, 0) is 63.1 Å². The summed E-state index contributed by atoms with van der Waals surface area (Å²) < 4.78 is 13.2. The molecule has 3 fully saturated rings. The van der Waals surface area contributed by atoms with Crippen molar-refractivity contribution in [2.24, 2.45) is 11.8 Å². The number of halogens is 1. The number of fused-ring (bicyclic) bond motifs is 1. The van der Waals surface area contributed by atoms with Crippen molar-refractivity contribution in [1.29, 1.82) is 0 Å². The van der Waals surface area contributed by atoms with Crippen molar-refractivity contribution in [3.8, 4) is 0 Å². The lowest BCUT2D eigenvalue weighted by Crippen LogP contribution is -2.57. The van der Waals surface area contributed by atoms with Gasteiger partial charge in [-0.15, -0.1) is 13.2 Å². The van der Waals surface area contributed by atoms with Gasteiger partial charge in [0.15, 0.2) is 0 Å². The number of allylic oxidation sites excluding steroid dienone is 1. The Labute approximate surface area is 322 Å². The SMILES string of the molecule is C=CCCC(=O)N(C)[C@H](C)[C@H](OC(=O)[C@H]1[C@@H]2O[C@@]3(CC2Br)[C@@H]1C(=O)N(CCCCCCO)[C@@H]3C(=O)N(CC=C)c1c(C)cccc1C)c1ccccc1. The molecule has 5 rings (SSSR count). The van der Waals surface area contributed by atoms with Crippen LogP contribution in [0.15, 0.2) is 73.8 Å². The number of aliphatic hydroxyl groups is 1. The van der Waals surface area contributed by atoms with Crippen molar-refractivity contribution in [2.75, 3.05) is 31.6 Å². The average Bonchev–Trinajstić information content (AvgIpc) is 3.74. The van der Waals surface area contributed by atoms with E-state index in [4.69, 9.17) is 9.47 Å². The highest BCUT2D eigenvalue weighted by Gasteiger charge is 2.77. The summed E-state index contributed by atoms with van der Waals surface area (Å²) in [5.41, 5.74) is 2.04. The maximum atomic E-state index is 15.1. The molecule has 53 heavy (non-hydrogen) atoms. The van der Waals surface area contributed by atoms with Gasteiger partial charge in [-0.25, -0.2) is 0 Å². The zero-order chi connectivity index (χ0) is 38.4. The van der Waals surface area contributed by atoms with E-state index in [-0.39, 0.29) is 42.1 Å². The van der Waals surface area contributed by atoms with E-state index in [1.165, 1.54) is 0 Å². The predicted octanol–water partition coefficient (Wildman–Crippen LogP) is 6.22. The van der Waals surface area contributed by atoms with E-state index >= 15 is 4.79 Å². The topological polar surface area (TPSA) is 117 Å². The van der Waals surface area contributed by atoms with Crippen LogP contribution < -0.4 is 4.90 Å². The first kappa shape index (κ1) is 40.4. The lowest BCUT2D eigenvalue weighted by atomic mass is 9.70. The summed E-state index contributed by atoms with van der Waals surface area (Å²) in [4.78, 5) is 62.2. The molecule has 286 valence electrons. The normalized spacial score (nSPS) is 25.4. The fourth-order valence-electron chi connectivity index (χ4n) is 8.59. The lowest BCUT2D eigenvalue weighted by molar-refractivity contribution is -0.164. The number of aliphatic hydroxyl groups excluding tert-OH is 1. The Bertz CT molecular complexity index is 1650. The molecule has 10 nitrogen and oxygen atoms in total. The molecular weight excluding hydrogens is 738 g/mol. The van der Waals surface area contributed by atoms with Gasteiger partial charge in [-0.3, -0.25) is 19.2 Å². The zero-order valence-corrected chi connectivity index (χ0v) is 33.0. The number of likely N-dealkylation sites (N-methyl/N-ethyl adjacent to an activating group) is 1. The second-order valence-corrected chi connectivity index (χ2v) is 15.8. The van der Waals surface area contributed by atoms with E-state index in [2.05, 4.69) is 29.1 Å². The van der Waals surface area contributed by atoms with Crippen molar-refractivity contribution in [3.63, 3.8) is 0 Å². The number of amides is 3. The van der Waals surface area contributed by atoms with Gasteiger partial charge in [0.25, 0.3) is 5.91 Å². The summed E-state index contributed by atoms with van der Waals surface area (Å²) in [6.07, 6.45) is 5.85. The smallest absolute Gasteiger partial charge is 0.313 e. The minimum absolute atomic E-state index is 0.0915. The first-order chi connectivity index (χ1) is 25.4. The number of anilines is 1. The molecule has 1 unspecified atom stereocenters. The third kappa shape index (κ3) is 7.89. The van der Waals surface area contributed by atoms with Crippen molar-refractivity contribution in [3.05, 3.63) is 90.5 Å². The van der Waals surface area contributed by atoms with Gasteiger partial charge in [0.05, 0.1) is 24.0 Å². The molecule has 8 atom stereocenters.